The van der Waals surface area contributed by atoms with E-state index >= 15 is 0 Å². The van der Waals surface area contributed by atoms with E-state index in [1.54, 1.807) is 12.1 Å². The number of aryl methyl sites for hydroxylation is 4. The van der Waals surface area contributed by atoms with E-state index in [1.807, 2.05) is 58.0 Å². The zero-order valence-electron chi connectivity index (χ0n) is 14.2. The predicted molar refractivity (Wildman–Crippen MR) is 92.3 cm³/mol. The summed E-state index contributed by atoms with van der Waals surface area (Å²) in [5.74, 6) is 0.515. The molecule has 122 valence electrons. The van der Waals surface area contributed by atoms with Crippen LogP contribution < -0.4 is 4.74 Å². The minimum Gasteiger partial charge on any atom is -0.422 e. The predicted octanol–water partition coefficient (Wildman–Crippen LogP) is 4.79. The second kappa shape index (κ2) is 6.32. The number of hydrogen-bond donors (Lipinski definition) is 0. The molecule has 0 spiro atoms. The Hall–Kier alpha value is -2.88. The second-order valence-electron chi connectivity index (χ2n) is 6.01. The van der Waals surface area contributed by atoms with Crippen LogP contribution in [0.2, 0.25) is 0 Å². The summed E-state index contributed by atoms with van der Waals surface area (Å²) in [6.07, 6.45) is 0. The average Bonchev–Trinajstić information content (AvgIpc) is 3.04. The van der Waals surface area contributed by atoms with Gasteiger partial charge in [0.25, 0.3) is 0 Å². The van der Waals surface area contributed by atoms with Gasteiger partial charge in [-0.1, -0.05) is 23.4 Å². The highest BCUT2D eigenvalue weighted by Gasteiger charge is 2.16. The van der Waals surface area contributed by atoms with Gasteiger partial charge >= 0.3 is 5.97 Å². The highest BCUT2D eigenvalue weighted by Crippen LogP contribution is 2.24. The zero-order valence-corrected chi connectivity index (χ0v) is 14.2. The lowest BCUT2D eigenvalue weighted by Crippen LogP contribution is -2.08. The van der Waals surface area contributed by atoms with Crippen LogP contribution in [0.25, 0.3) is 11.3 Å². The van der Waals surface area contributed by atoms with E-state index in [1.165, 1.54) is 5.56 Å². The lowest BCUT2D eigenvalue weighted by Gasteiger charge is -2.04. The molecule has 0 aliphatic carbocycles. The molecule has 0 aliphatic heterocycles. The van der Waals surface area contributed by atoms with E-state index < -0.39 is 5.97 Å². The molecule has 1 heterocycles. The SMILES string of the molecule is Cc1ccc(OC(=O)c2cc(-c3ccc(C)c(C)c3)on2)cc1C. The third-order valence-electron chi connectivity index (χ3n) is 4.20. The van der Waals surface area contributed by atoms with Crippen LogP contribution in [0.5, 0.6) is 5.75 Å². The first-order valence-electron chi connectivity index (χ1n) is 7.78. The molecule has 0 fully saturated rings. The van der Waals surface area contributed by atoms with Crippen molar-refractivity contribution in [3.63, 3.8) is 0 Å². The fraction of sp³-hybridized carbons (Fsp3) is 0.200. The molecule has 0 bridgehead atoms. The molecular formula is C20H19NO3. The molecule has 2 aromatic carbocycles. The maximum atomic E-state index is 12.2. The van der Waals surface area contributed by atoms with Gasteiger partial charge in [0, 0.05) is 11.6 Å². The van der Waals surface area contributed by atoms with Gasteiger partial charge in [-0.3, -0.25) is 0 Å². The highest BCUT2D eigenvalue weighted by atomic mass is 16.5. The van der Waals surface area contributed by atoms with Crippen molar-refractivity contribution in [2.75, 3.05) is 0 Å². The lowest BCUT2D eigenvalue weighted by molar-refractivity contribution is 0.0724. The largest absolute Gasteiger partial charge is 0.422 e. The van der Waals surface area contributed by atoms with Crippen LogP contribution in [0, 0.1) is 27.7 Å². The van der Waals surface area contributed by atoms with E-state index in [0.717, 1.165) is 22.3 Å². The lowest BCUT2D eigenvalue weighted by atomic mass is 10.0. The summed E-state index contributed by atoms with van der Waals surface area (Å²) in [4.78, 5) is 12.2. The molecule has 0 aliphatic rings. The Balaban J connectivity index is 1.80. The minimum atomic E-state index is -0.530. The van der Waals surface area contributed by atoms with Crippen molar-refractivity contribution < 1.29 is 14.1 Å². The summed E-state index contributed by atoms with van der Waals surface area (Å²) < 4.78 is 10.7. The van der Waals surface area contributed by atoms with Gasteiger partial charge in [-0.25, -0.2) is 4.79 Å². The van der Waals surface area contributed by atoms with Gasteiger partial charge in [0.15, 0.2) is 11.5 Å². The Kier molecular flexibility index (Phi) is 4.21. The zero-order chi connectivity index (χ0) is 17.3. The maximum Gasteiger partial charge on any atom is 0.365 e. The standard InChI is InChI=1S/C20H19NO3/c1-12-5-7-16(9-14(12)3)19-11-18(21-24-19)20(22)23-17-8-6-13(2)15(4)10-17/h5-11H,1-4H3. The molecule has 4 nitrogen and oxygen atoms in total. The molecule has 3 rings (SSSR count). The van der Waals surface area contributed by atoms with Crippen molar-refractivity contribution in [2.45, 2.75) is 27.7 Å². The smallest absolute Gasteiger partial charge is 0.365 e. The number of esters is 1. The van der Waals surface area contributed by atoms with Crippen LogP contribution in [0.3, 0.4) is 0 Å². The van der Waals surface area contributed by atoms with Crippen LogP contribution in [0.15, 0.2) is 47.0 Å². The number of benzene rings is 2. The first kappa shape index (κ1) is 16.0. The number of aromatic nitrogens is 1. The van der Waals surface area contributed by atoms with Crippen LogP contribution >= 0.6 is 0 Å². The van der Waals surface area contributed by atoms with Crippen molar-refractivity contribution >= 4 is 5.97 Å². The van der Waals surface area contributed by atoms with Crippen LogP contribution in [0.4, 0.5) is 0 Å². The average molecular weight is 321 g/mol. The number of carbonyl (C=O) groups is 1. The molecule has 0 saturated heterocycles. The molecule has 0 unspecified atom stereocenters. The monoisotopic (exact) mass is 321 g/mol. The van der Waals surface area contributed by atoms with Crippen molar-refractivity contribution in [3.8, 4) is 17.1 Å². The first-order valence-corrected chi connectivity index (χ1v) is 7.78. The van der Waals surface area contributed by atoms with Crippen LogP contribution in [-0.4, -0.2) is 11.1 Å². The summed E-state index contributed by atoms with van der Waals surface area (Å²) in [7, 11) is 0. The second-order valence-corrected chi connectivity index (χ2v) is 6.01. The van der Waals surface area contributed by atoms with E-state index in [4.69, 9.17) is 9.26 Å². The van der Waals surface area contributed by atoms with Gasteiger partial charge in [0.2, 0.25) is 0 Å². The molecule has 0 saturated carbocycles. The number of hydrogen-bond acceptors (Lipinski definition) is 4. The number of ether oxygens (including phenoxy) is 1. The highest BCUT2D eigenvalue weighted by molar-refractivity contribution is 5.90. The van der Waals surface area contributed by atoms with E-state index in [0.29, 0.717) is 11.5 Å². The third kappa shape index (κ3) is 3.23. The van der Waals surface area contributed by atoms with Gasteiger partial charge in [-0.05, 0) is 68.1 Å². The van der Waals surface area contributed by atoms with Crippen molar-refractivity contribution in [1.82, 2.24) is 5.16 Å². The normalized spacial score (nSPS) is 10.7. The molecule has 0 atom stereocenters. The van der Waals surface area contributed by atoms with Gasteiger partial charge < -0.3 is 9.26 Å². The molecule has 0 radical (unpaired) electrons. The first-order chi connectivity index (χ1) is 11.4. The van der Waals surface area contributed by atoms with E-state index in [2.05, 4.69) is 5.16 Å². The molecule has 0 N–H and O–H groups in total. The van der Waals surface area contributed by atoms with Crippen molar-refractivity contribution in [3.05, 3.63) is 70.4 Å². The fourth-order valence-electron chi connectivity index (χ4n) is 2.34. The molecule has 24 heavy (non-hydrogen) atoms. The van der Waals surface area contributed by atoms with Gasteiger partial charge in [0.1, 0.15) is 5.75 Å². The van der Waals surface area contributed by atoms with Crippen molar-refractivity contribution in [1.29, 1.82) is 0 Å². The summed E-state index contributed by atoms with van der Waals surface area (Å²) in [5, 5.41) is 3.83. The molecule has 0 amide bonds. The van der Waals surface area contributed by atoms with E-state index in [9.17, 15) is 4.79 Å². The maximum absolute atomic E-state index is 12.2. The number of nitrogens with zero attached hydrogens (tertiary/aromatic N) is 1. The van der Waals surface area contributed by atoms with Crippen molar-refractivity contribution in [2.24, 2.45) is 0 Å². The number of carbonyl (C=O) groups excluding carboxylic acids is 1. The third-order valence-corrected chi connectivity index (χ3v) is 4.20. The Labute approximate surface area is 141 Å². The Morgan fingerprint density at radius 1 is 0.875 bits per heavy atom. The van der Waals surface area contributed by atoms with Gasteiger partial charge in [0.05, 0.1) is 0 Å². The molecule has 1 aromatic heterocycles. The number of rotatable bonds is 3. The molecule has 4 heteroatoms. The molecule has 3 aromatic rings. The van der Waals surface area contributed by atoms with Gasteiger partial charge in [-0.2, -0.15) is 0 Å². The van der Waals surface area contributed by atoms with Crippen LogP contribution in [-0.2, 0) is 0 Å². The topological polar surface area (TPSA) is 52.3 Å². The van der Waals surface area contributed by atoms with E-state index in [-0.39, 0.29) is 5.69 Å². The summed E-state index contributed by atoms with van der Waals surface area (Å²) in [6, 6.07) is 13.1. The quantitative estimate of drug-likeness (QED) is 0.514. The Morgan fingerprint density at radius 2 is 1.54 bits per heavy atom. The van der Waals surface area contributed by atoms with Crippen LogP contribution in [0.1, 0.15) is 32.7 Å². The molecular weight excluding hydrogens is 302 g/mol. The fourth-order valence-corrected chi connectivity index (χ4v) is 2.34. The summed E-state index contributed by atoms with van der Waals surface area (Å²) in [5.41, 5.74) is 5.61. The summed E-state index contributed by atoms with van der Waals surface area (Å²) >= 11 is 0. The Morgan fingerprint density at radius 3 is 2.21 bits per heavy atom. The minimum absolute atomic E-state index is 0.154. The summed E-state index contributed by atoms with van der Waals surface area (Å²) in [6.45, 7) is 8.06. The Bertz CT molecular complexity index is 909. The van der Waals surface area contributed by atoms with Gasteiger partial charge in [-0.15, -0.1) is 0 Å².